The van der Waals surface area contributed by atoms with Crippen LogP contribution in [0.25, 0.3) is 11.3 Å². The van der Waals surface area contributed by atoms with E-state index in [9.17, 15) is 14.0 Å². The molecule has 166 valence electrons. The highest BCUT2D eigenvalue weighted by Crippen LogP contribution is 2.45. The van der Waals surface area contributed by atoms with Crippen molar-refractivity contribution in [2.45, 2.75) is 19.6 Å². The SMILES string of the molecule is COCCCOc1cc2c(cc1Cl)-c1cc(=O)c(C(C)=O)cn1C(c1ccccc1F)O2. The molecule has 1 aliphatic heterocycles. The number of carbonyl (C=O) groups is 1. The summed E-state index contributed by atoms with van der Waals surface area (Å²) in [6, 6.07) is 10.8. The Morgan fingerprint density at radius 1 is 1.22 bits per heavy atom. The van der Waals surface area contributed by atoms with Crippen LogP contribution < -0.4 is 14.9 Å². The van der Waals surface area contributed by atoms with Gasteiger partial charge in [-0.15, -0.1) is 0 Å². The Morgan fingerprint density at radius 2 is 2.00 bits per heavy atom. The lowest BCUT2D eigenvalue weighted by molar-refractivity contribution is 0.101. The minimum absolute atomic E-state index is 0.00803. The van der Waals surface area contributed by atoms with Crippen molar-refractivity contribution in [3.8, 4) is 22.8 Å². The number of nitrogens with zero attached hydrogens (tertiary/aromatic N) is 1. The summed E-state index contributed by atoms with van der Waals surface area (Å²) in [5.74, 6) is -0.0643. The summed E-state index contributed by atoms with van der Waals surface area (Å²) in [4.78, 5) is 24.6. The molecule has 0 fully saturated rings. The number of halogens is 2. The van der Waals surface area contributed by atoms with E-state index in [-0.39, 0.29) is 16.9 Å². The van der Waals surface area contributed by atoms with Gasteiger partial charge in [0.1, 0.15) is 17.3 Å². The maximum atomic E-state index is 14.7. The van der Waals surface area contributed by atoms with E-state index in [2.05, 4.69) is 0 Å². The molecule has 0 bridgehead atoms. The van der Waals surface area contributed by atoms with Crippen molar-refractivity contribution >= 4 is 17.4 Å². The number of methoxy groups -OCH3 is 1. The van der Waals surface area contributed by atoms with Crippen LogP contribution in [0.5, 0.6) is 11.5 Å². The van der Waals surface area contributed by atoms with Gasteiger partial charge in [0, 0.05) is 49.6 Å². The number of hydrogen-bond acceptors (Lipinski definition) is 5. The molecule has 2 heterocycles. The fourth-order valence-electron chi connectivity index (χ4n) is 3.62. The highest BCUT2D eigenvalue weighted by molar-refractivity contribution is 6.32. The number of carbonyl (C=O) groups excluding carboxylic acids is 1. The maximum absolute atomic E-state index is 14.7. The lowest BCUT2D eigenvalue weighted by Gasteiger charge is -2.32. The van der Waals surface area contributed by atoms with Gasteiger partial charge in [0.05, 0.1) is 22.9 Å². The molecule has 0 saturated carbocycles. The Hall–Kier alpha value is -3.16. The van der Waals surface area contributed by atoms with Gasteiger partial charge < -0.3 is 18.8 Å². The summed E-state index contributed by atoms with van der Waals surface area (Å²) < 4.78 is 33.2. The van der Waals surface area contributed by atoms with E-state index in [0.29, 0.717) is 47.4 Å². The second-order valence-electron chi connectivity index (χ2n) is 7.37. The third-order valence-electron chi connectivity index (χ3n) is 5.18. The molecule has 3 aromatic rings. The first-order chi connectivity index (χ1) is 15.4. The van der Waals surface area contributed by atoms with E-state index < -0.39 is 17.5 Å². The molecule has 0 N–H and O–H groups in total. The Kier molecular flexibility index (Phi) is 6.30. The van der Waals surface area contributed by atoms with Gasteiger partial charge in [0.25, 0.3) is 0 Å². The zero-order valence-corrected chi connectivity index (χ0v) is 18.3. The predicted molar refractivity (Wildman–Crippen MR) is 118 cm³/mol. The standard InChI is InChI=1S/C24H21ClFNO5/c1-14(28)17-13-27-20(11-21(17)29)16-10-18(25)23(31-9-5-8-30-2)12-22(16)32-24(27)15-6-3-4-7-19(15)26/h3-4,6-7,10-13,24H,5,8-9H2,1-2H3. The molecule has 0 saturated heterocycles. The minimum atomic E-state index is -0.931. The summed E-state index contributed by atoms with van der Waals surface area (Å²) in [6.45, 7) is 2.24. The third-order valence-corrected chi connectivity index (χ3v) is 5.48. The molecule has 0 radical (unpaired) electrons. The number of benzene rings is 2. The largest absolute Gasteiger partial charge is 0.492 e. The van der Waals surface area contributed by atoms with Crippen LogP contribution in [0.1, 0.15) is 35.5 Å². The summed E-state index contributed by atoms with van der Waals surface area (Å²) in [5, 5.41) is 0.337. The van der Waals surface area contributed by atoms with E-state index >= 15 is 0 Å². The monoisotopic (exact) mass is 457 g/mol. The fourth-order valence-corrected chi connectivity index (χ4v) is 3.84. The van der Waals surface area contributed by atoms with E-state index in [1.165, 1.54) is 25.3 Å². The smallest absolute Gasteiger partial charge is 0.205 e. The van der Waals surface area contributed by atoms with Gasteiger partial charge in [0.2, 0.25) is 6.23 Å². The van der Waals surface area contributed by atoms with Gasteiger partial charge in [-0.05, 0) is 19.1 Å². The van der Waals surface area contributed by atoms with Crippen molar-refractivity contribution in [1.82, 2.24) is 4.57 Å². The van der Waals surface area contributed by atoms with Crippen LogP contribution in [0.3, 0.4) is 0 Å². The van der Waals surface area contributed by atoms with Crippen LogP contribution in [0.4, 0.5) is 4.39 Å². The van der Waals surface area contributed by atoms with Crippen molar-refractivity contribution < 1.29 is 23.4 Å². The number of fused-ring (bicyclic) bond motifs is 3. The van der Waals surface area contributed by atoms with Gasteiger partial charge in [0.15, 0.2) is 11.2 Å². The number of ketones is 1. The van der Waals surface area contributed by atoms with Gasteiger partial charge in [-0.2, -0.15) is 0 Å². The molecule has 6 nitrogen and oxygen atoms in total. The lowest BCUT2D eigenvalue weighted by Crippen LogP contribution is -2.28. The molecule has 1 aromatic heterocycles. The zero-order chi connectivity index (χ0) is 22.8. The Bertz CT molecular complexity index is 1240. The topological polar surface area (TPSA) is 66.8 Å². The molecule has 0 amide bonds. The van der Waals surface area contributed by atoms with E-state index in [4.69, 9.17) is 25.8 Å². The van der Waals surface area contributed by atoms with Gasteiger partial charge in [-0.3, -0.25) is 9.59 Å². The first-order valence-electron chi connectivity index (χ1n) is 10.0. The number of hydrogen-bond donors (Lipinski definition) is 0. The van der Waals surface area contributed by atoms with E-state index in [1.807, 2.05) is 0 Å². The van der Waals surface area contributed by atoms with Crippen molar-refractivity contribution in [2.24, 2.45) is 0 Å². The maximum Gasteiger partial charge on any atom is 0.205 e. The van der Waals surface area contributed by atoms with Crippen LogP contribution in [0.2, 0.25) is 5.02 Å². The Balaban J connectivity index is 1.86. The van der Waals surface area contributed by atoms with Gasteiger partial charge >= 0.3 is 0 Å². The summed E-state index contributed by atoms with van der Waals surface area (Å²) in [6.07, 6.45) is 1.15. The molecule has 0 aliphatic carbocycles. The van der Waals surface area contributed by atoms with E-state index in [1.54, 1.807) is 42.0 Å². The molecule has 32 heavy (non-hydrogen) atoms. The number of aromatic nitrogens is 1. The Labute approximate surface area is 189 Å². The zero-order valence-electron chi connectivity index (χ0n) is 17.6. The number of rotatable bonds is 7. The quantitative estimate of drug-likeness (QED) is 0.374. The average molecular weight is 458 g/mol. The van der Waals surface area contributed by atoms with Gasteiger partial charge in [-0.25, -0.2) is 4.39 Å². The molecule has 1 atom stereocenters. The third kappa shape index (κ3) is 4.13. The van der Waals surface area contributed by atoms with Crippen LogP contribution in [-0.2, 0) is 4.74 Å². The van der Waals surface area contributed by atoms with Crippen molar-refractivity contribution in [1.29, 1.82) is 0 Å². The molecule has 0 spiro atoms. The second-order valence-corrected chi connectivity index (χ2v) is 7.77. The Morgan fingerprint density at radius 3 is 2.72 bits per heavy atom. The highest BCUT2D eigenvalue weighted by Gasteiger charge is 2.30. The first-order valence-corrected chi connectivity index (χ1v) is 10.4. The number of Topliss-reactive ketones (excluding diaryl/α,β-unsaturated/α-hetero) is 1. The van der Waals surface area contributed by atoms with E-state index in [0.717, 1.165) is 0 Å². The van der Waals surface area contributed by atoms with Crippen LogP contribution in [0.15, 0.2) is 53.5 Å². The number of pyridine rings is 1. The lowest BCUT2D eigenvalue weighted by atomic mass is 10.0. The summed E-state index contributed by atoms with van der Waals surface area (Å²) in [7, 11) is 1.61. The molecular formula is C24H21ClFNO5. The van der Waals surface area contributed by atoms with Crippen LogP contribution in [-0.4, -0.2) is 30.7 Å². The van der Waals surface area contributed by atoms with Crippen molar-refractivity contribution in [3.63, 3.8) is 0 Å². The molecule has 8 heteroatoms. The van der Waals surface area contributed by atoms with Crippen LogP contribution >= 0.6 is 11.6 Å². The van der Waals surface area contributed by atoms with Gasteiger partial charge in [-0.1, -0.05) is 29.8 Å². The molecule has 1 unspecified atom stereocenters. The normalized spacial score (nSPS) is 14.3. The molecular weight excluding hydrogens is 437 g/mol. The van der Waals surface area contributed by atoms with Crippen molar-refractivity contribution in [3.05, 3.63) is 80.9 Å². The number of ether oxygens (including phenoxy) is 3. The molecule has 4 rings (SSSR count). The summed E-state index contributed by atoms with van der Waals surface area (Å²) in [5.41, 5.74) is 0.822. The second kappa shape index (κ2) is 9.14. The predicted octanol–water partition coefficient (Wildman–Crippen LogP) is 4.87. The first kappa shape index (κ1) is 22.0. The minimum Gasteiger partial charge on any atom is -0.492 e. The molecule has 1 aliphatic rings. The van der Waals surface area contributed by atoms with Crippen LogP contribution in [0, 0.1) is 5.82 Å². The van der Waals surface area contributed by atoms with Crippen molar-refractivity contribution in [2.75, 3.05) is 20.3 Å². The summed E-state index contributed by atoms with van der Waals surface area (Å²) >= 11 is 6.43. The fraction of sp³-hybridized carbons (Fsp3) is 0.250. The highest BCUT2D eigenvalue weighted by atomic mass is 35.5. The average Bonchev–Trinajstić information content (AvgIpc) is 2.76. The molecule has 2 aromatic carbocycles.